The standard InChI is InChI=1S/C36H27F2N3O/c37-27-17-13-23(14-18-27)21-26-9-6-11-30-34(26)40-41(35(30)25-15-19-28(38)20-16-25)36(42)31-22-33(24-7-2-1-3-8-24)39-32-12-5-4-10-29(31)32/h1-5,7-8,10,12-22,35,40H,6,9,11H2/t35-/m0/s1. The SMILES string of the molecule is O=C(c1cc(-c2ccccc2)nc2ccccc12)N1NC2=C(CCCC2=Cc2ccc(F)cc2)[C@@H]1c1ccc(F)cc1. The average molecular weight is 556 g/mol. The maximum absolute atomic E-state index is 14.6. The van der Waals surface area contributed by atoms with Gasteiger partial charge in [-0.3, -0.25) is 10.2 Å². The predicted molar refractivity (Wildman–Crippen MR) is 161 cm³/mol. The molecule has 0 fully saturated rings. The number of pyridine rings is 1. The van der Waals surface area contributed by atoms with Crippen LogP contribution < -0.4 is 5.43 Å². The Labute approximate surface area is 242 Å². The van der Waals surface area contributed by atoms with E-state index in [-0.39, 0.29) is 17.5 Å². The summed E-state index contributed by atoms with van der Waals surface area (Å²) in [7, 11) is 0. The summed E-state index contributed by atoms with van der Waals surface area (Å²) >= 11 is 0. The highest BCUT2D eigenvalue weighted by atomic mass is 19.1. The van der Waals surface area contributed by atoms with Crippen LogP contribution in [0.5, 0.6) is 0 Å². The van der Waals surface area contributed by atoms with Crippen LogP contribution in [0.15, 0.2) is 126 Å². The molecule has 1 aliphatic carbocycles. The number of hydrogen-bond acceptors (Lipinski definition) is 3. The fourth-order valence-electron chi connectivity index (χ4n) is 5.99. The van der Waals surface area contributed by atoms with Crippen LogP contribution in [0, 0.1) is 11.6 Å². The Kier molecular flexibility index (Phi) is 6.59. The first-order valence-corrected chi connectivity index (χ1v) is 14.1. The van der Waals surface area contributed by atoms with Crippen LogP contribution in [0.3, 0.4) is 0 Å². The van der Waals surface area contributed by atoms with Crippen molar-refractivity contribution in [1.29, 1.82) is 0 Å². The molecule has 5 aromatic rings. The molecule has 4 aromatic carbocycles. The number of aromatic nitrogens is 1. The van der Waals surface area contributed by atoms with Crippen molar-refractivity contribution in [2.75, 3.05) is 0 Å². The molecular weight excluding hydrogens is 528 g/mol. The van der Waals surface area contributed by atoms with Gasteiger partial charge >= 0.3 is 0 Å². The van der Waals surface area contributed by atoms with Gasteiger partial charge in [0.2, 0.25) is 0 Å². The van der Waals surface area contributed by atoms with Crippen LogP contribution in [0.1, 0.15) is 46.8 Å². The fourth-order valence-corrected chi connectivity index (χ4v) is 5.99. The Morgan fingerprint density at radius 2 is 1.52 bits per heavy atom. The van der Waals surface area contributed by atoms with Gasteiger partial charge in [0.25, 0.3) is 5.91 Å². The number of fused-ring (bicyclic) bond motifs is 1. The van der Waals surface area contributed by atoms with E-state index in [1.165, 1.54) is 24.3 Å². The van der Waals surface area contributed by atoms with Crippen molar-refractivity contribution in [1.82, 2.24) is 15.4 Å². The molecule has 2 aliphatic rings. The van der Waals surface area contributed by atoms with Gasteiger partial charge in [0, 0.05) is 10.9 Å². The van der Waals surface area contributed by atoms with Crippen LogP contribution in [0.4, 0.5) is 8.78 Å². The van der Waals surface area contributed by atoms with Gasteiger partial charge in [-0.05, 0) is 84.0 Å². The maximum atomic E-state index is 14.6. The summed E-state index contributed by atoms with van der Waals surface area (Å²) in [4.78, 5) is 19.5. The van der Waals surface area contributed by atoms with Crippen molar-refractivity contribution >= 4 is 22.9 Å². The smallest absolute Gasteiger partial charge is 0.273 e. The lowest BCUT2D eigenvalue weighted by atomic mass is 9.85. The molecular formula is C36H27F2N3O. The van der Waals surface area contributed by atoms with Gasteiger partial charge in [-0.1, -0.05) is 72.8 Å². The summed E-state index contributed by atoms with van der Waals surface area (Å²) in [5.41, 5.74) is 11.1. The van der Waals surface area contributed by atoms with E-state index in [9.17, 15) is 13.6 Å². The number of nitrogens with zero attached hydrogens (tertiary/aromatic N) is 2. The second kappa shape index (κ2) is 10.7. The number of rotatable bonds is 4. The lowest BCUT2D eigenvalue weighted by molar-refractivity contribution is 0.0658. The summed E-state index contributed by atoms with van der Waals surface area (Å²) in [5.74, 6) is -0.812. The molecule has 1 aromatic heterocycles. The van der Waals surface area contributed by atoms with Crippen LogP contribution in [0.2, 0.25) is 0 Å². The Morgan fingerprint density at radius 3 is 2.29 bits per heavy atom. The first-order chi connectivity index (χ1) is 20.5. The molecule has 1 atom stereocenters. The maximum Gasteiger partial charge on any atom is 0.273 e. The van der Waals surface area contributed by atoms with Crippen LogP contribution >= 0.6 is 0 Å². The number of benzene rings is 4. The molecule has 6 heteroatoms. The third kappa shape index (κ3) is 4.75. The zero-order chi connectivity index (χ0) is 28.6. The van der Waals surface area contributed by atoms with Crippen molar-refractivity contribution in [3.05, 3.63) is 154 Å². The van der Waals surface area contributed by atoms with Gasteiger partial charge in [-0.15, -0.1) is 0 Å². The number of halogens is 2. The summed E-state index contributed by atoms with van der Waals surface area (Å²) in [5, 5.41) is 2.44. The van der Waals surface area contributed by atoms with Crippen molar-refractivity contribution in [2.45, 2.75) is 25.3 Å². The molecule has 206 valence electrons. The Hall–Kier alpha value is -5.10. The third-order valence-electron chi connectivity index (χ3n) is 7.99. The van der Waals surface area contributed by atoms with E-state index in [1.54, 1.807) is 29.3 Å². The molecule has 2 heterocycles. The van der Waals surface area contributed by atoms with Gasteiger partial charge in [-0.2, -0.15) is 0 Å². The minimum atomic E-state index is -0.419. The molecule has 0 spiro atoms. The Bertz CT molecular complexity index is 1860. The van der Waals surface area contributed by atoms with E-state index in [0.717, 1.165) is 63.7 Å². The summed E-state index contributed by atoms with van der Waals surface area (Å²) in [6, 6.07) is 31.7. The summed E-state index contributed by atoms with van der Waals surface area (Å²) < 4.78 is 27.6. The molecule has 42 heavy (non-hydrogen) atoms. The quantitative estimate of drug-likeness (QED) is 0.242. The monoisotopic (exact) mass is 555 g/mol. The predicted octanol–water partition coefficient (Wildman–Crippen LogP) is 8.40. The average Bonchev–Trinajstić information content (AvgIpc) is 3.43. The second-order valence-corrected chi connectivity index (χ2v) is 10.7. The number of carbonyl (C=O) groups is 1. The largest absolute Gasteiger partial charge is 0.295 e. The Morgan fingerprint density at radius 1 is 0.833 bits per heavy atom. The van der Waals surface area contributed by atoms with E-state index in [2.05, 4.69) is 5.43 Å². The normalized spacial score (nSPS) is 17.4. The van der Waals surface area contributed by atoms with Crippen LogP contribution in [-0.4, -0.2) is 15.9 Å². The highest BCUT2D eigenvalue weighted by Crippen LogP contribution is 2.45. The van der Waals surface area contributed by atoms with Gasteiger partial charge in [0.1, 0.15) is 17.7 Å². The first kappa shape index (κ1) is 25.8. The zero-order valence-electron chi connectivity index (χ0n) is 22.7. The molecule has 1 aliphatic heterocycles. The van der Waals surface area contributed by atoms with E-state index in [4.69, 9.17) is 4.98 Å². The molecule has 1 amide bonds. The van der Waals surface area contributed by atoms with Crippen LogP contribution in [-0.2, 0) is 0 Å². The number of para-hydroxylation sites is 1. The Balaban J connectivity index is 1.35. The molecule has 0 radical (unpaired) electrons. The molecule has 0 saturated carbocycles. The summed E-state index contributed by atoms with van der Waals surface area (Å²) in [6.07, 6.45) is 4.56. The number of hydrogen-bond donors (Lipinski definition) is 1. The lowest BCUT2D eigenvalue weighted by Crippen LogP contribution is -2.40. The minimum Gasteiger partial charge on any atom is -0.295 e. The molecule has 0 unspecified atom stereocenters. The molecule has 1 N–H and O–H groups in total. The summed E-state index contributed by atoms with van der Waals surface area (Å²) in [6.45, 7) is 0. The number of carbonyl (C=O) groups excluding carboxylic acids is 1. The van der Waals surface area contributed by atoms with Crippen LogP contribution in [0.25, 0.3) is 28.2 Å². The molecule has 0 saturated heterocycles. The van der Waals surface area contributed by atoms with Gasteiger partial charge < -0.3 is 0 Å². The first-order valence-electron chi connectivity index (χ1n) is 14.1. The van der Waals surface area contributed by atoms with Gasteiger partial charge in [-0.25, -0.2) is 18.8 Å². The fraction of sp³-hybridized carbons (Fsp3) is 0.111. The topological polar surface area (TPSA) is 45.2 Å². The van der Waals surface area contributed by atoms with Gasteiger partial charge in [0.05, 0.1) is 22.5 Å². The number of allylic oxidation sites excluding steroid dienone is 1. The number of hydrazine groups is 1. The highest BCUT2D eigenvalue weighted by Gasteiger charge is 2.40. The van der Waals surface area contributed by atoms with Crippen molar-refractivity contribution in [2.24, 2.45) is 0 Å². The van der Waals surface area contributed by atoms with E-state index < -0.39 is 6.04 Å². The van der Waals surface area contributed by atoms with Crippen molar-refractivity contribution in [3.63, 3.8) is 0 Å². The van der Waals surface area contributed by atoms with E-state index in [1.807, 2.05) is 66.7 Å². The molecule has 4 nitrogen and oxygen atoms in total. The highest BCUT2D eigenvalue weighted by molar-refractivity contribution is 6.07. The second-order valence-electron chi connectivity index (χ2n) is 10.7. The third-order valence-corrected chi connectivity index (χ3v) is 7.99. The van der Waals surface area contributed by atoms with Crippen molar-refractivity contribution < 1.29 is 13.6 Å². The number of nitrogens with one attached hydrogen (secondary N) is 1. The number of amides is 1. The van der Waals surface area contributed by atoms with Gasteiger partial charge in [0.15, 0.2) is 0 Å². The van der Waals surface area contributed by atoms with E-state index in [0.29, 0.717) is 11.3 Å². The molecule has 7 rings (SSSR count). The molecule has 0 bridgehead atoms. The van der Waals surface area contributed by atoms with E-state index >= 15 is 0 Å². The minimum absolute atomic E-state index is 0.198. The zero-order valence-corrected chi connectivity index (χ0v) is 22.7. The van der Waals surface area contributed by atoms with Crippen molar-refractivity contribution in [3.8, 4) is 11.3 Å². The lowest BCUT2D eigenvalue weighted by Gasteiger charge is -2.27.